The predicted molar refractivity (Wildman–Crippen MR) is 85.5 cm³/mol. The average Bonchev–Trinajstić information content (AvgIpc) is 2.74. The van der Waals surface area contributed by atoms with E-state index < -0.39 is 9.84 Å². The van der Waals surface area contributed by atoms with Crippen LogP contribution in [0.2, 0.25) is 0 Å². The zero-order valence-electron chi connectivity index (χ0n) is 13.3. The maximum absolute atomic E-state index is 11.9. The molecule has 1 aliphatic rings. The molecule has 1 fully saturated rings. The van der Waals surface area contributed by atoms with Crippen molar-refractivity contribution in [3.8, 4) is 0 Å². The van der Waals surface area contributed by atoms with Crippen molar-refractivity contribution in [2.24, 2.45) is 0 Å². The SMILES string of the molecule is CC(C)c1cc(NCC2CCCS2(=O)=O)nc(C(C)C)n1. The molecule has 5 nitrogen and oxygen atoms in total. The first-order chi connectivity index (χ1) is 9.79. The van der Waals surface area contributed by atoms with E-state index in [1.54, 1.807) is 0 Å². The van der Waals surface area contributed by atoms with Gasteiger partial charge >= 0.3 is 0 Å². The molecule has 1 N–H and O–H groups in total. The van der Waals surface area contributed by atoms with Crippen LogP contribution < -0.4 is 5.32 Å². The van der Waals surface area contributed by atoms with Gasteiger partial charge in [0, 0.05) is 24.2 Å². The molecule has 118 valence electrons. The zero-order chi connectivity index (χ0) is 15.6. The van der Waals surface area contributed by atoms with Crippen LogP contribution in [0.25, 0.3) is 0 Å². The Hall–Kier alpha value is -1.17. The van der Waals surface area contributed by atoms with Crippen LogP contribution in [0.15, 0.2) is 6.07 Å². The highest BCUT2D eigenvalue weighted by Gasteiger charge is 2.31. The van der Waals surface area contributed by atoms with Crippen LogP contribution in [0.5, 0.6) is 0 Å². The predicted octanol–water partition coefficient (Wildman–Crippen LogP) is 2.71. The van der Waals surface area contributed by atoms with Crippen molar-refractivity contribution in [3.05, 3.63) is 17.6 Å². The number of nitrogens with zero attached hydrogens (tertiary/aromatic N) is 2. The normalized spacial score (nSPS) is 21.1. The average molecular weight is 311 g/mol. The highest BCUT2D eigenvalue weighted by atomic mass is 32.2. The minimum absolute atomic E-state index is 0.250. The van der Waals surface area contributed by atoms with Gasteiger partial charge in [-0.3, -0.25) is 0 Å². The Kier molecular flexibility index (Phi) is 4.86. The molecule has 0 aliphatic carbocycles. The van der Waals surface area contributed by atoms with Crippen molar-refractivity contribution in [2.45, 2.75) is 57.6 Å². The van der Waals surface area contributed by atoms with E-state index in [-0.39, 0.29) is 11.2 Å². The summed E-state index contributed by atoms with van der Waals surface area (Å²) in [5.41, 5.74) is 0.991. The number of aromatic nitrogens is 2. The summed E-state index contributed by atoms with van der Waals surface area (Å²) in [6.07, 6.45) is 1.52. The molecule has 0 spiro atoms. The number of hydrogen-bond donors (Lipinski definition) is 1. The monoisotopic (exact) mass is 311 g/mol. The van der Waals surface area contributed by atoms with Crippen LogP contribution in [0.3, 0.4) is 0 Å². The summed E-state index contributed by atoms with van der Waals surface area (Å²) in [6, 6.07) is 1.93. The molecule has 1 aliphatic heterocycles. The molecule has 0 amide bonds. The molecule has 0 aromatic carbocycles. The summed E-state index contributed by atoms with van der Waals surface area (Å²) in [6.45, 7) is 8.75. The fourth-order valence-corrected chi connectivity index (χ4v) is 4.20. The third-order valence-corrected chi connectivity index (χ3v) is 6.12. The van der Waals surface area contributed by atoms with Crippen molar-refractivity contribution in [2.75, 3.05) is 17.6 Å². The third kappa shape index (κ3) is 3.93. The lowest BCUT2D eigenvalue weighted by molar-refractivity contribution is 0.591. The van der Waals surface area contributed by atoms with Crippen LogP contribution >= 0.6 is 0 Å². The standard InChI is InChI=1S/C15H25N3O2S/c1-10(2)13-8-14(18-15(17-13)11(3)4)16-9-12-6-5-7-21(12,19)20/h8,10-12H,5-7,9H2,1-4H3,(H,16,17,18). The molecule has 1 aromatic rings. The van der Waals surface area contributed by atoms with E-state index >= 15 is 0 Å². The fraction of sp³-hybridized carbons (Fsp3) is 0.733. The van der Waals surface area contributed by atoms with Crippen LogP contribution in [0.4, 0.5) is 5.82 Å². The van der Waals surface area contributed by atoms with E-state index in [0.717, 1.165) is 30.2 Å². The smallest absolute Gasteiger partial charge is 0.154 e. The first-order valence-corrected chi connectivity index (χ1v) is 9.35. The second-order valence-corrected chi connectivity index (χ2v) is 8.76. The van der Waals surface area contributed by atoms with Gasteiger partial charge in [-0.2, -0.15) is 0 Å². The first kappa shape index (κ1) is 16.2. The van der Waals surface area contributed by atoms with Crippen LogP contribution in [-0.2, 0) is 9.84 Å². The van der Waals surface area contributed by atoms with Crippen molar-refractivity contribution in [1.29, 1.82) is 0 Å². The number of sulfone groups is 1. The summed E-state index contributed by atoms with van der Waals surface area (Å²) < 4.78 is 23.7. The zero-order valence-corrected chi connectivity index (χ0v) is 14.1. The Bertz CT molecular complexity index is 571. The molecule has 21 heavy (non-hydrogen) atoms. The van der Waals surface area contributed by atoms with Gasteiger partial charge in [-0.15, -0.1) is 0 Å². The Morgan fingerprint density at radius 2 is 1.95 bits per heavy atom. The minimum atomic E-state index is -2.92. The lowest BCUT2D eigenvalue weighted by Crippen LogP contribution is -2.25. The highest BCUT2D eigenvalue weighted by Crippen LogP contribution is 2.22. The molecule has 0 radical (unpaired) electrons. The molecule has 1 atom stereocenters. The maximum atomic E-state index is 11.9. The van der Waals surface area contributed by atoms with E-state index in [2.05, 4.69) is 43.0 Å². The van der Waals surface area contributed by atoms with Crippen LogP contribution in [-0.4, -0.2) is 35.9 Å². The second kappa shape index (κ2) is 6.30. The Labute approximate surface area is 127 Å². The Morgan fingerprint density at radius 1 is 1.24 bits per heavy atom. The van der Waals surface area contributed by atoms with Gasteiger partial charge in [0.25, 0.3) is 0 Å². The van der Waals surface area contributed by atoms with E-state index in [4.69, 9.17) is 0 Å². The summed E-state index contributed by atoms with van der Waals surface area (Å²) in [5.74, 6) is 2.43. The molecular weight excluding hydrogens is 286 g/mol. The van der Waals surface area contributed by atoms with Crippen molar-refractivity contribution < 1.29 is 8.42 Å². The van der Waals surface area contributed by atoms with Gasteiger partial charge in [0.15, 0.2) is 9.84 Å². The van der Waals surface area contributed by atoms with Gasteiger partial charge in [0.2, 0.25) is 0 Å². The summed E-state index contributed by atoms with van der Waals surface area (Å²) in [7, 11) is -2.92. The Morgan fingerprint density at radius 3 is 2.48 bits per heavy atom. The van der Waals surface area contributed by atoms with Gasteiger partial charge in [-0.1, -0.05) is 27.7 Å². The van der Waals surface area contributed by atoms with Crippen LogP contribution in [0, 0.1) is 0 Å². The first-order valence-electron chi connectivity index (χ1n) is 7.64. The Balaban J connectivity index is 2.15. The van der Waals surface area contributed by atoms with Gasteiger partial charge in [-0.25, -0.2) is 18.4 Å². The lowest BCUT2D eigenvalue weighted by atomic mass is 10.1. The number of nitrogens with one attached hydrogen (secondary N) is 1. The van der Waals surface area contributed by atoms with E-state index in [9.17, 15) is 8.42 Å². The fourth-order valence-electron chi connectivity index (χ4n) is 2.44. The molecule has 2 rings (SSSR count). The molecule has 1 aromatic heterocycles. The van der Waals surface area contributed by atoms with Crippen molar-refractivity contribution >= 4 is 15.7 Å². The molecular formula is C15H25N3O2S. The molecule has 6 heteroatoms. The second-order valence-electron chi connectivity index (χ2n) is 6.36. The summed E-state index contributed by atoms with van der Waals surface area (Å²) in [4.78, 5) is 9.08. The number of rotatable bonds is 5. The van der Waals surface area contributed by atoms with Gasteiger partial charge in [-0.05, 0) is 18.8 Å². The number of hydrogen-bond acceptors (Lipinski definition) is 5. The molecule has 1 saturated heterocycles. The molecule has 0 bridgehead atoms. The van der Waals surface area contributed by atoms with Gasteiger partial charge in [0.05, 0.1) is 11.0 Å². The number of anilines is 1. The highest BCUT2D eigenvalue weighted by molar-refractivity contribution is 7.92. The molecule has 2 heterocycles. The minimum Gasteiger partial charge on any atom is -0.369 e. The topological polar surface area (TPSA) is 72.0 Å². The van der Waals surface area contributed by atoms with Gasteiger partial charge in [0.1, 0.15) is 11.6 Å². The van der Waals surface area contributed by atoms with E-state index in [1.807, 2.05) is 6.07 Å². The summed E-state index contributed by atoms with van der Waals surface area (Å²) in [5, 5.41) is 2.92. The van der Waals surface area contributed by atoms with Crippen molar-refractivity contribution in [3.63, 3.8) is 0 Å². The summed E-state index contributed by atoms with van der Waals surface area (Å²) >= 11 is 0. The molecule has 0 saturated carbocycles. The van der Waals surface area contributed by atoms with E-state index in [1.165, 1.54) is 0 Å². The van der Waals surface area contributed by atoms with E-state index in [0.29, 0.717) is 18.2 Å². The quantitative estimate of drug-likeness (QED) is 0.905. The van der Waals surface area contributed by atoms with Gasteiger partial charge < -0.3 is 5.32 Å². The molecule has 1 unspecified atom stereocenters. The maximum Gasteiger partial charge on any atom is 0.154 e. The third-order valence-electron chi connectivity index (χ3n) is 3.84. The lowest BCUT2D eigenvalue weighted by Gasteiger charge is -2.15. The largest absolute Gasteiger partial charge is 0.369 e. The van der Waals surface area contributed by atoms with Crippen molar-refractivity contribution in [1.82, 2.24) is 9.97 Å². The van der Waals surface area contributed by atoms with Crippen LogP contribution in [0.1, 0.15) is 63.9 Å².